The number of primary amides is 1. The predicted molar refractivity (Wildman–Crippen MR) is 75.0 cm³/mol. The Morgan fingerprint density at radius 2 is 2.19 bits per heavy atom. The molecule has 9 heteroatoms. The number of aromatic amines is 1. The second-order valence-electron chi connectivity index (χ2n) is 4.42. The Morgan fingerprint density at radius 3 is 2.81 bits per heavy atom. The van der Waals surface area contributed by atoms with E-state index in [0.29, 0.717) is 17.8 Å². The van der Waals surface area contributed by atoms with Crippen molar-refractivity contribution < 1.29 is 13.2 Å². The van der Waals surface area contributed by atoms with Crippen LogP contribution in [-0.2, 0) is 16.4 Å². The summed E-state index contributed by atoms with van der Waals surface area (Å²) >= 11 is 0. The summed E-state index contributed by atoms with van der Waals surface area (Å²) in [6.45, 7) is 1.85. The molecule has 0 bridgehead atoms. The van der Waals surface area contributed by atoms with Crippen molar-refractivity contribution in [2.75, 3.05) is 6.54 Å². The van der Waals surface area contributed by atoms with Crippen molar-refractivity contribution in [1.82, 2.24) is 19.9 Å². The number of aromatic nitrogens is 3. The van der Waals surface area contributed by atoms with Crippen LogP contribution in [-0.4, -0.2) is 36.1 Å². The van der Waals surface area contributed by atoms with Crippen LogP contribution in [0.15, 0.2) is 29.4 Å². The lowest BCUT2D eigenvalue weighted by molar-refractivity contribution is 0.0999. The number of rotatable bonds is 6. The lowest BCUT2D eigenvalue weighted by Gasteiger charge is -2.08. The van der Waals surface area contributed by atoms with Crippen LogP contribution in [0.5, 0.6) is 0 Å². The summed E-state index contributed by atoms with van der Waals surface area (Å²) in [6.07, 6.45) is 1.73. The summed E-state index contributed by atoms with van der Waals surface area (Å²) in [5.41, 5.74) is 6.03. The zero-order valence-electron chi connectivity index (χ0n) is 11.3. The standard InChI is InChI=1S/C12H15N5O3S/c1-8-2-3-9(6-10(8)12(13)18)21(19,20)16-5-4-11-14-7-15-17-11/h2-3,6-7,16H,4-5H2,1H3,(H2,13,18)(H,14,15,17). The van der Waals surface area contributed by atoms with E-state index in [2.05, 4.69) is 19.9 Å². The number of amides is 1. The Kier molecular flexibility index (Phi) is 4.34. The lowest BCUT2D eigenvalue weighted by atomic mass is 10.1. The van der Waals surface area contributed by atoms with Gasteiger partial charge in [-0.2, -0.15) is 5.10 Å². The highest BCUT2D eigenvalue weighted by molar-refractivity contribution is 7.89. The van der Waals surface area contributed by atoms with Crippen molar-refractivity contribution in [2.45, 2.75) is 18.2 Å². The molecule has 1 amide bonds. The summed E-state index contributed by atoms with van der Waals surface area (Å²) in [7, 11) is -3.71. The molecule has 21 heavy (non-hydrogen) atoms. The number of benzene rings is 1. The van der Waals surface area contributed by atoms with E-state index in [9.17, 15) is 13.2 Å². The van der Waals surface area contributed by atoms with Crippen LogP contribution in [0.3, 0.4) is 0 Å². The molecule has 0 saturated carbocycles. The topological polar surface area (TPSA) is 131 Å². The number of hydrogen-bond acceptors (Lipinski definition) is 5. The van der Waals surface area contributed by atoms with Gasteiger partial charge < -0.3 is 5.73 Å². The van der Waals surface area contributed by atoms with Gasteiger partial charge in [0.05, 0.1) is 4.90 Å². The predicted octanol–water partition coefficient (Wildman–Crippen LogP) is -0.267. The highest BCUT2D eigenvalue weighted by Crippen LogP contribution is 2.15. The van der Waals surface area contributed by atoms with Gasteiger partial charge in [-0.15, -0.1) is 0 Å². The number of H-pyrrole nitrogens is 1. The molecular weight excluding hydrogens is 294 g/mol. The minimum atomic E-state index is -3.71. The van der Waals surface area contributed by atoms with E-state index in [1.807, 2.05) is 0 Å². The van der Waals surface area contributed by atoms with Crippen LogP contribution < -0.4 is 10.5 Å². The molecule has 0 aliphatic carbocycles. The zero-order chi connectivity index (χ0) is 15.5. The van der Waals surface area contributed by atoms with E-state index in [-0.39, 0.29) is 17.0 Å². The molecule has 0 unspecified atom stereocenters. The number of carbonyl (C=O) groups is 1. The van der Waals surface area contributed by atoms with Gasteiger partial charge in [-0.1, -0.05) is 6.07 Å². The van der Waals surface area contributed by atoms with Gasteiger partial charge in [0.1, 0.15) is 12.2 Å². The second kappa shape index (κ2) is 6.02. The van der Waals surface area contributed by atoms with Crippen LogP contribution >= 0.6 is 0 Å². The van der Waals surface area contributed by atoms with E-state index < -0.39 is 15.9 Å². The molecule has 4 N–H and O–H groups in total. The number of carbonyl (C=O) groups excluding carboxylic acids is 1. The molecule has 112 valence electrons. The van der Waals surface area contributed by atoms with Crippen molar-refractivity contribution in [3.05, 3.63) is 41.5 Å². The van der Waals surface area contributed by atoms with Gasteiger partial charge in [0, 0.05) is 18.5 Å². The molecular formula is C12H15N5O3S. The monoisotopic (exact) mass is 309 g/mol. The number of hydrogen-bond donors (Lipinski definition) is 3. The van der Waals surface area contributed by atoms with Gasteiger partial charge in [0.25, 0.3) is 0 Å². The first kappa shape index (κ1) is 15.1. The Morgan fingerprint density at radius 1 is 1.43 bits per heavy atom. The van der Waals surface area contributed by atoms with Crippen molar-refractivity contribution in [3.63, 3.8) is 0 Å². The number of aryl methyl sites for hydroxylation is 1. The maximum atomic E-state index is 12.1. The minimum Gasteiger partial charge on any atom is -0.366 e. The van der Waals surface area contributed by atoms with Crippen LogP contribution in [0.1, 0.15) is 21.7 Å². The van der Waals surface area contributed by atoms with Crippen molar-refractivity contribution in [3.8, 4) is 0 Å². The minimum absolute atomic E-state index is 0.000491. The summed E-state index contributed by atoms with van der Waals surface area (Å²) in [5.74, 6) is -0.0781. The largest absolute Gasteiger partial charge is 0.366 e. The average molecular weight is 309 g/mol. The van der Waals surface area contributed by atoms with Crippen LogP contribution in [0, 0.1) is 6.92 Å². The molecule has 0 radical (unpaired) electrons. The Labute approximate surface area is 121 Å². The van der Waals surface area contributed by atoms with Crippen molar-refractivity contribution in [1.29, 1.82) is 0 Å². The Bertz CT molecular complexity index is 740. The third-order valence-electron chi connectivity index (χ3n) is 2.90. The summed E-state index contributed by atoms with van der Waals surface area (Å²) < 4.78 is 26.7. The molecule has 0 saturated heterocycles. The number of nitrogens with zero attached hydrogens (tertiary/aromatic N) is 2. The van der Waals surface area contributed by atoms with E-state index in [0.717, 1.165) is 0 Å². The zero-order valence-corrected chi connectivity index (χ0v) is 12.1. The normalized spacial score (nSPS) is 11.5. The highest BCUT2D eigenvalue weighted by Gasteiger charge is 2.16. The molecule has 0 aliphatic rings. The van der Waals surface area contributed by atoms with Gasteiger partial charge in [-0.25, -0.2) is 18.1 Å². The molecule has 0 aliphatic heterocycles. The molecule has 2 rings (SSSR count). The van der Waals surface area contributed by atoms with Crippen LogP contribution in [0.25, 0.3) is 0 Å². The van der Waals surface area contributed by atoms with Gasteiger partial charge in [0.2, 0.25) is 15.9 Å². The first-order valence-electron chi connectivity index (χ1n) is 6.14. The van der Waals surface area contributed by atoms with E-state index in [1.54, 1.807) is 13.0 Å². The van der Waals surface area contributed by atoms with E-state index >= 15 is 0 Å². The molecule has 0 spiro atoms. The number of nitrogens with two attached hydrogens (primary N) is 1. The maximum absolute atomic E-state index is 12.1. The van der Waals surface area contributed by atoms with Gasteiger partial charge in [-0.05, 0) is 24.6 Å². The van der Waals surface area contributed by atoms with Crippen LogP contribution in [0.4, 0.5) is 0 Å². The first-order valence-corrected chi connectivity index (χ1v) is 7.63. The molecule has 0 atom stereocenters. The fourth-order valence-corrected chi connectivity index (χ4v) is 2.83. The van der Waals surface area contributed by atoms with Crippen molar-refractivity contribution >= 4 is 15.9 Å². The molecule has 2 aromatic rings. The Hall–Kier alpha value is -2.26. The maximum Gasteiger partial charge on any atom is 0.249 e. The molecule has 1 aromatic carbocycles. The average Bonchev–Trinajstić information content (AvgIpc) is 2.91. The van der Waals surface area contributed by atoms with Crippen molar-refractivity contribution in [2.24, 2.45) is 5.73 Å². The summed E-state index contributed by atoms with van der Waals surface area (Å²) in [6, 6.07) is 4.25. The van der Waals surface area contributed by atoms with Gasteiger partial charge >= 0.3 is 0 Å². The van der Waals surface area contributed by atoms with Gasteiger partial charge in [0.15, 0.2) is 0 Å². The van der Waals surface area contributed by atoms with Crippen LogP contribution in [0.2, 0.25) is 0 Å². The third kappa shape index (κ3) is 3.64. The molecule has 0 fully saturated rings. The summed E-state index contributed by atoms with van der Waals surface area (Å²) in [5, 5.41) is 6.31. The quantitative estimate of drug-likeness (QED) is 0.676. The number of nitrogens with one attached hydrogen (secondary N) is 2. The second-order valence-corrected chi connectivity index (χ2v) is 6.19. The fourth-order valence-electron chi connectivity index (χ4n) is 1.77. The van der Waals surface area contributed by atoms with E-state index in [4.69, 9.17) is 5.73 Å². The highest BCUT2D eigenvalue weighted by atomic mass is 32.2. The van der Waals surface area contributed by atoms with E-state index in [1.165, 1.54) is 18.5 Å². The van der Waals surface area contributed by atoms with Gasteiger partial charge in [-0.3, -0.25) is 9.89 Å². The SMILES string of the molecule is Cc1ccc(S(=O)(=O)NCCc2ncn[nH]2)cc1C(N)=O. The molecule has 8 nitrogen and oxygen atoms in total. The Balaban J connectivity index is 2.12. The molecule has 1 aromatic heterocycles. The smallest absolute Gasteiger partial charge is 0.249 e. The fraction of sp³-hybridized carbons (Fsp3) is 0.250. The lowest BCUT2D eigenvalue weighted by Crippen LogP contribution is -2.26. The first-order chi connectivity index (χ1) is 9.90. The summed E-state index contributed by atoms with van der Waals surface area (Å²) in [4.78, 5) is 15.2. The molecule has 1 heterocycles. The number of sulfonamides is 1. The third-order valence-corrected chi connectivity index (χ3v) is 4.36.